The average molecular weight is 223 g/mol. The summed E-state index contributed by atoms with van der Waals surface area (Å²) in [4.78, 5) is 11.1. The van der Waals surface area contributed by atoms with E-state index >= 15 is 0 Å². The highest BCUT2D eigenvalue weighted by atomic mass is 16.6. The Kier molecular flexibility index (Phi) is 4.31. The van der Waals surface area contributed by atoms with E-state index < -0.39 is 12.1 Å². The van der Waals surface area contributed by atoms with Gasteiger partial charge in [-0.3, -0.25) is 0 Å². The lowest BCUT2D eigenvalue weighted by atomic mass is 10.1. The van der Waals surface area contributed by atoms with E-state index in [2.05, 4.69) is 4.74 Å². The molecule has 0 aliphatic carbocycles. The Morgan fingerprint density at radius 1 is 1.25 bits per heavy atom. The molecular formula is C12H17NO3. The summed E-state index contributed by atoms with van der Waals surface area (Å²) in [6.07, 6.45) is -0.605. The van der Waals surface area contributed by atoms with Gasteiger partial charge in [-0.05, 0) is 31.5 Å². The molecule has 1 aromatic rings. The first-order valence-electron chi connectivity index (χ1n) is 5.14. The van der Waals surface area contributed by atoms with Crippen LogP contribution in [0.4, 0.5) is 0 Å². The second kappa shape index (κ2) is 5.51. The fourth-order valence-corrected chi connectivity index (χ4v) is 1.27. The number of carbonyl (C=O) groups is 1. The molecular weight excluding hydrogens is 206 g/mol. The van der Waals surface area contributed by atoms with Crippen LogP contribution < -0.4 is 10.5 Å². The van der Waals surface area contributed by atoms with Gasteiger partial charge in [0.2, 0.25) is 0 Å². The minimum Gasteiger partial charge on any atom is -0.479 e. The SMILES string of the molecule is COC(=O)C(C)Oc1ccc([C@H](C)N)cc1. The van der Waals surface area contributed by atoms with E-state index in [4.69, 9.17) is 10.5 Å². The second-order valence-corrected chi connectivity index (χ2v) is 3.64. The molecule has 0 fully saturated rings. The Balaban J connectivity index is 2.65. The van der Waals surface area contributed by atoms with Crippen LogP contribution in [0, 0.1) is 0 Å². The first-order chi connectivity index (χ1) is 7.54. The molecule has 2 atom stereocenters. The van der Waals surface area contributed by atoms with Gasteiger partial charge in [-0.25, -0.2) is 4.79 Å². The maximum absolute atomic E-state index is 11.1. The molecule has 0 bridgehead atoms. The van der Waals surface area contributed by atoms with E-state index in [0.717, 1.165) is 5.56 Å². The van der Waals surface area contributed by atoms with Crippen molar-refractivity contribution in [1.82, 2.24) is 0 Å². The van der Waals surface area contributed by atoms with Gasteiger partial charge in [-0.1, -0.05) is 12.1 Å². The number of methoxy groups -OCH3 is 1. The van der Waals surface area contributed by atoms with E-state index in [9.17, 15) is 4.79 Å². The zero-order valence-electron chi connectivity index (χ0n) is 9.77. The number of nitrogens with two attached hydrogens (primary N) is 1. The fourth-order valence-electron chi connectivity index (χ4n) is 1.27. The molecule has 1 aromatic carbocycles. The smallest absolute Gasteiger partial charge is 0.346 e. The van der Waals surface area contributed by atoms with Gasteiger partial charge in [-0.2, -0.15) is 0 Å². The molecule has 1 unspecified atom stereocenters. The molecule has 0 aromatic heterocycles. The topological polar surface area (TPSA) is 61.5 Å². The van der Waals surface area contributed by atoms with Crippen LogP contribution in [0.2, 0.25) is 0 Å². The second-order valence-electron chi connectivity index (χ2n) is 3.64. The van der Waals surface area contributed by atoms with Gasteiger partial charge in [0.05, 0.1) is 7.11 Å². The van der Waals surface area contributed by atoms with Crippen LogP contribution in [-0.2, 0) is 9.53 Å². The maximum atomic E-state index is 11.1. The van der Waals surface area contributed by atoms with Crippen molar-refractivity contribution in [3.63, 3.8) is 0 Å². The summed E-state index contributed by atoms with van der Waals surface area (Å²) in [7, 11) is 1.33. The number of esters is 1. The van der Waals surface area contributed by atoms with Crippen LogP contribution in [0.25, 0.3) is 0 Å². The fraction of sp³-hybridized carbons (Fsp3) is 0.417. The molecule has 0 heterocycles. The van der Waals surface area contributed by atoms with Crippen LogP contribution in [0.15, 0.2) is 24.3 Å². The summed E-state index contributed by atoms with van der Waals surface area (Å²) in [5, 5.41) is 0. The van der Waals surface area contributed by atoms with E-state index in [1.165, 1.54) is 7.11 Å². The van der Waals surface area contributed by atoms with Gasteiger partial charge in [0.15, 0.2) is 6.10 Å². The van der Waals surface area contributed by atoms with E-state index in [0.29, 0.717) is 5.75 Å². The molecule has 0 saturated heterocycles. The van der Waals surface area contributed by atoms with E-state index in [1.807, 2.05) is 19.1 Å². The number of hydrogen-bond acceptors (Lipinski definition) is 4. The molecule has 0 aliphatic heterocycles. The standard InChI is InChI=1S/C12H17NO3/c1-8(13)10-4-6-11(7-5-10)16-9(2)12(14)15-3/h4-9H,13H2,1-3H3/t8-,9?/m0/s1. The molecule has 4 heteroatoms. The summed E-state index contributed by atoms with van der Waals surface area (Å²) >= 11 is 0. The van der Waals surface area contributed by atoms with Crippen LogP contribution in [0.3, 0.4) is 0 Å². The third-order valence-corrected chi connectivity index (χ3v) is 2.25. The van der Waals surface area contributed by atoms with Gasteiger partial charge >= 0.3 is 5.97 Å². The Hall–Kier alpha value is -1.55. The third-order valence-electron chi connectivity index (χ3n) is 2.25. The van der Waals surface area contributed by atoms with Crippen molar-refractivity contribution in [1.29, 1.82) is 0 Å². The molecule has 2 N–H and O–H groups in total. The van der Waals surface area contributed by atoms with Crippen molar-refractivity contribution < 1.29 is 14.3 Å². The maximum Gasteiger partial charge on any atom is 0.346 e. The highest BCUT2D eigenvalue weighted by molar-refractivity contribution is 5.74. The van der Waals surface area contributed by atoms with E-state index in [1.54, 1.807) is 19.1 Å². The van der Waals surface area contributed by atoms with Crippen molar-refractivity contribution in [3.8, 4) is 5.75 Å². The predicted molar refractivity (Wildman–Crippen MR) is 61.2 cm³/mol. The Morgan fingerprint density at radius 2 is 1.81 bits per heavy atom. The summed E-state index contributed by atoms with van der Waals surface area (Å²) in [5.74, 6) is 0.235. The van der Waals surface area contributed by atoms with Gasteiger partial charge in [-0.15, -0.1) is 0 Å². The Morgan fingerprint density at radius 3 is 2.25 bits per heavy atom. The van der Waals surface area contributed by atoms with Crippen molar-refractivity contribution in [2.75, 3.05) is 7.11 Å². The Labute approximate surface area is 95.3 Å². The van der Waals surface area contributed by atoms with Crippen molar-refractivity contribution in [2.45, 2.75) is 26.0 Å². The average Bonchev–Trinajstić information content (AvgIpc) is 2.28. The first-order valence-corrected chi connectivity index (χ1v) is 5.14. The first kappa shape index (κ1) is 12.5. The van der Waals surface area contributed by atoms with Crippen molar-refractivity contribution in [2.24, 2.45) is 5.73 Å². The van der Waals surface area contributed by atoms with E-state index in [-0.39, 0.29) is 6.04 Å². The van der Waals surface area contributed by atoms with Gasteiger partial charge in [0.25, 0.3) is 0 Å². The lowest BCUT2D eigenvalue weighted by Crippen LogP contribution is -2.24. The molecule has 0 aliphatic rings. The van der Waals surface area contributed by atoms with Crippen molar-refractivity contribution in [3.05, 3.63) is 29.8 Å². The highest BCUT2D eigenvalue weighted by Gasteiger charge is 2.14. The number of hydrogen-bond donors (Lipinski definition) is 1. The summed E-state index contributed by atoms with van der Waals surface area (Å²) in [5.41, 5.74) is 6.75. The lowest BCUT2D eigenvalue weighted by Gasteiger charge is -2.13. The number of ether oxygens (including phenoxy) is 2. The number of carbonyl (C=O) groups excluding carboxylic acids is 1. The predicted octanol–water partition coefficient (Wildman–Crippen LogP) is 1.65. The zero-order valence-corrected chi connectivity index (χ0v) is 9.77. The van der Waals surface area contributed by atoms with Crippen molar-refractivity contribution >= 4 is 5.97 Å². The Bertz CT molecular complexity index is 346. The van der Waals surface area contributed by atoms with Gasteiger partial charge in [0, 0.05) is 6.04 Å². The van der Waals surface area contributed by atoms with Crippen LogP contribution in [0.5, 0.6) is 5.75 Å². The van der Waals surface area contributed by atoms with Gasteiger partial charge < -0.3 is 15.2 Å². The molecule has 88 valence electrons. The molecule has 0 radical (unpaired) electrons. The van der Waals surface area contributed by atoms with Gasteiger partial charge in [0.1, 0.15) is 5.75 Å². The molecule has 4 nitrogen and oxygen atoms in total. The molecule has 1 rings (SSSR count). The molecule has 0 saturated carbocycles. The third kappa shape index (κ3) is 3.24. The summed E-state index contributed by atoms with van der Waals surface area (Å²) < 4.78 is 9.95. The normalized spacial score (nSPS) is 14.0. The quantitative estimate of drug-likeness (QED) is 0.788. The minimum absolute atomic E-state index is 0.00733. The molecule has 0 amide bonds. The molecule has 0 spiro atoms. The zero-order chi connectivity index (χ0) is 12.1. The summed E-state index contributed by atoms with van der Waals surface area (Å²) in [6, 6.07) is 7.33. The lowest BCUT2D eigenvalue weighted by molar-refractivity contribution is -0.147. The largest absolute Gasteiger partial charge is 0.479 e. The minimum atomic E-state index is -0.605. The number of rotatable bonds is 4. The highest BCUT2D eigenvalue weighted by Crippen LogP contribution is 2.17. The molecule has 16 heavy (non-hydrogen) atoms. The van der Waals surface area contributed by atoms with Crippen LogP contribution in [-0.4, -0.2) is 19.2 Å². The van der Waals surface area contributed by atoms with Crippen LogP contribution in [0.1, 0.15) is 25.5 Å². The number of benzene rings is 1. The summed E-state index contributed by atoms with van der Waals surface area (Å²) in [6.45, 7) is 3.55. The monoisotopic (exact) mass is 223 g/mol. The van der Waals surface area contributed by atoms with Crippen LogP contribution >= 0.6 is 0 Å².